The molecule has 0 spiro atoms. The summed E-state index contributed by atoms with van der Waals surface area (Å²) >= 11 is 0. The monoisotopic (exact) mass is 220 g/mol. The fraction of sp³-hybridized carbons (Fsp3) is 0.400. The fourth-order valence-corrected chi connectivity index (χ4v) is 1.52. The lowest BCUT2D eigenvalue weighted by Gasteiger charge is -2.20. The average molecular weight is 220 g/mol. The van der Waals surface area contributed by atoms with Gasteiger partial charge in [-0.25, -0.2) is 0 Å². The summed E-state index contributed by atoms with van der Waals surface area (Å²) in [6, 6.07) is 3.78. The van der Waals surface area contributed by atoms with Gasteiger partial charge in [0.05, 0.1) is 18.9 Å². The molecule has 1 aromatic rings. The smallest absolute Gasteiger partial charge is 0.188 e. The van der Waals surface area contributed by atoms with Crippen molar-refractivity contribution >= 4 is 19.0 Å². The van der Waals surface area contributed by atoms with Crippen molar-refractivity contribution in [2.24, 2.45) is 5.16 Å². The highest BCUT2D eigenvalue weighted by Crippen LogP contribution is 2.25. The van der Waals surface area contributed by atoms with Crippen LogP contribution in [0.3, 0.4) is 0 Å². The zero-order chi connectivity index (χ0) is 11.6. The molecule has 1 aliphatic heterocycles. The summed E-state index contributed by atoms with van der Waals surface area (Å²) in [7, 11) is 1.95. The topological polar surface area (TPSA) is 74.9 Å². The summed E-state index contributed by atoms with van der Waals surface area (Å²) in [5, 5.41) is 22.2. The number of aliphatic hydroxyl groups is 2. The second-order valence-electron chi connectivity index (χ2n) is 4.03. The maximum Gasteiger partial charge on any atom is 0.188 e. The van der Waals surface area contributed by atoms with Crippen LogP contribution >= 0.6 is 0 Å². The molecule has 0 saturated heterocycles. The van der Waals surface area contributed by atoms with Crippen molar-refractivity contribution in [3.8, 4) is 0 Å². The van der Waals surface area contributed by atoms with Crippen LogP contribution in [-0.2, 0) is 4.84 Å². The molecule has 0 bridgehead atoms. The number of pyridine rings is 1. The first-order chi connectivity index (χ1) is 7.69. The van der Waals surface area contributed by atoms with Gasteiger partial charge in [-0.1, -0.05) is 16.7 Å². The Hall–Kier alpha value is -1.40. The van der Waals surface area contributed by atoms with Crippen molar-refractivity contribution in [1.82, 2.24) is 4.98 Å². The highest BCUT2D eigenvalue weighted by atomic mass is 16.7. The molecule has 84 valence electrons. The van der Waals surface area contributed by atoms with E-state index in [0.29, 0.717) is 12.1 Å². The zero-order valence-corrected chi connectivity index (χ0v) is 9.05. The molecular weight excluding hydrogens is 207 g/mol. The molecule has 2 heterocycles. The van der Waals surface area contributed by atoms with E-state index in [1.54, 1.807) is 6.20 Å². The van der Waals surface area contributed by atoms with E-state index in [4.69, 9.17) is 15.1 Å². The van der Waals surface area contributed by atoms with E-state index in [-0.39, 0.29) is 13.2 Å². The number of rotatable bonds is 3. The molecular formula is C10H13BN2O3. The largest absolute Gasteiger partial charge is 0.392 e. The maximum atomic E-state index is 9.15. The third-order valence-electron chi connectivity index (χ3n) is 2.62. The number of aliphatic hydroxyl groups excluding tert-OH is 2. The van der Waals surface area contributed by atoms with Gasteiger partial charge in [0.15, 0.2) is 5.60 Å². The number of aromatic nitrogens is 1. The van der Waals surface area contributed by atoms with Gasteiger partial charge in [0, 0.05) is 12.6 Å². The molecule has 0 aliphatic carbocycles. The predicted octanol–water partition coefficient (Wildman–Crippen LogP) is -1.81. The van der Waals surface area contributed by atoms with Gasteiger partial charge in [-0.3, -0.25) is 4.98 Å². The second kappa shape index (κ2) is 4.23. The van der Waals surface area contributed by atoms with Crippen molar-refractivity contribution in [2.45, 2.75) is 12.0 Å². The summed E-state index contributed by atoms with van der Waals surface area (Å²) < 4.78 is 0. The van der Waals surface area contributed by atoms with E-state index in [1.807, 2.05) is 20.0 Å². The molecule has 16 heavy (non-hydrogen) atoms. The minimum Gasteiger partial charge on any atom is -0.392 e. The molecule has 6 heteroatoms. The van der Waals surface area contributed by atoms with Crippen molar-refractivity contribution in [1.29, 1.82) is 0 Å². The minimum atomic E-state index is -0.984. The highest BCUT2D eigenvalue weighted by Gasteiger charge is 2.38. The average Bonchev–Trinajstić information content (AvgIpc) is 2.75. The Labute approximate surface area is 94.2 Å². The number of oxime groups is 1. The van der Waals surface area contributed by atoms with Crippen LogP contribution in [0.2, 0.25) is 0 Å². The predicted molar refractivity (Wildman–Crippen MR) is 61.6 cm³/mol. The van der Waals surface area contributed by atoms with Crippen LogP contribution in [0.4, 0.5) is 0 Å². The van der Waals surface area contributed by atoms with E-state index in [9.17, 15) is 0 Å². The summed E-state index contributed by atoms with van der Waals surface area (Å²) in [6.07, 6.45) is 2.12. The minimum absolute atomic E-state index is 0.262. The Morgan fingerprint density at radius 2 is 2.12 bits per heavy atom. The Bertz CT molecular complexity index is 401. The number of hydrogen-bond acceptors (Lipinski definition) is 5. The molecule has 5 nitrogen and oxygen atoms in total. The zero-order valence-electron chi connectivity index (χ0n) is 9.05. The summed E-state index contributed by atoms with van der Waals surface area (Å²) in [5.41, 5.74) is 1.46. The van der Waals surface area contributed by atoms with Crippen molar-refractivity contribution in [2.75, 3.05) is 13.2 Å². The van der Waals surface area contributed by atoms with Crippen LogP contribution in [0.5, 0.6) is 0 Å². The molecule has 0 aromatic carbocycles. The normalized spacial score (nSPS) is 18.0. The van der Waals surface area contributed by atoms with Gasteiger partial charge in [0.1, 0.15) is 13.6 Å². The van der Waals surface area contributed by atoms with Gasteiger partial charge >= 0.3 is 0 Å². The second-order valence-corrected chi connectivity index (χ2v) is 4.03. The van der Waals surface area contributed by atoms with Gasteiger partial charge < -0.3 is 15.1 Å². The molecule has 0 fully saturated rings. The van der Waals surface area contributed by atoms with Gasteiger partial charge in [0.2, 0.25) is 0 Å². The summed E-state index contributed by atoms with van der Waals surface area (Å²) in [5.74, 6) is 0. The Balaban J connectivity index is 2.17. The van der Waals surface area contributed by atoms with Gasteiger partial charge in [0.25, 0.3) is 0 Å². The Kier molecular flexibility index (Phi) is 2.94. The first-order valence-corrected chi connectivity index (χ1v) is 5.09. The molecule has 2 N–H and O–H groups in total. The van der Waals surface area contributed by atoms with Gasteiger partial charge in [-0.15, -0.1) is 0 Å². The van der Waals surface area contributed by atoms with Crippen LogP contribution in [0.1, 0.15) is 12.1 Å². The molecule has 2 rings (SSSR count). The van der Waals surface area contributed by atoms with Crippen LogP contribution < -0.4 is 5.46 Å². The van der Waals surface area contributed by atoms with Gasteiger partial charge in [-0.05, 0) is 6.07 Å². The molecule has 0 amide bonds. The van der Waals surface area contributed by atoms with Crippen LogP contribution in [0, 0.1) is 0 Å². The number of nitrogens with zero attached hydrogens (tertiary/aromatic N) is 2. The lowest BCUT2D eigenvalue weighted by atomic mass is 9.95. The van der Waals surface area contributed by atoms with E-state index in [0.717, 1.165) is 11.2 Å². The highest BCUT2D eigenvalue weighted by molar-refractivity contribution is 6.32. The van der Waals surface area contributed by atoms with Crippen LogP contribution in [0.25, 0.3) is 0 Å². The van der Waals surface area contributed by atoms with Crippen molar-refractivity contribution in [3.05, 3.63) is 24.0 Å². The Morgan fingerprint density at radius 1 is 1.38 bits per heavy atom. The molecule has 0 radical (unpaired) electrons. The Morgan fingerprint density at radius 3 is 2.62 bits per heavy atom. The molecule has 0 saturated carbocycles. The molecule has 0 atom stereocenters. The van der Waals surface area contributed by atoms with E-state index in [2.05, 4.69) is 10.1 Å². The standard InChI is InChI=1S/C10H13BN2O3/c11-7-1-2-8(12-4-7)9-3-10(5-14,6-15)16-13-9/h1-2,4,14-15H,3,5-6,11H2. The lowest BCUT2D eigenvalue weighted by molar-refractivity contribution is -0.0878. The van der Waals surface area contributed by atoms with E-state index in [1.165, 1.54) is 0 Å². The van der Waals surface area contributed by atoms with Crippen LogP contribution in [-0.4, -0.2) is 47.6 Å². The van der Waals surface area contributed by atoms with Crippen LogP contribution in [0.15, 0.2) is 23.5 Å². The van der Waals surface area contributed by atoms with Gasteiger partial charge in [-0.2, -0.15) is 0 Å². The van der Waals surface area contributed by atoms with Crippen molar-refractivity contribution < 1.29 is 15.1 Å². The van der Waals surface area contributed by atoms with E-state index < -0.39 is 5.60 Å². The third-order valence-corrected chi connectivity index (χ3v) is 2.62. The lowest BCUT2D eigenvalue weighted by Crippen LogP contribution is -2.37. The SMILES string of the molecule is Bc1ccc(C2=NOC(CO)(CO)C2)nc1. The fourth-order valence-electron chi connectivity index (χ4n) is 1.52. The third kappa shape index (κ3) is 1.94. The molecule has 1 aromatic heterocycles. The van der Waals surface area contributed by atoms with Crippen molar-refractivity contribution in [3.63, 3.8) is 0 Å². The molecule has 1 aliphatic rings. The quantitative estimate of drug-likeness (QED) is 0.588. The maximum absolute atomic E-state index is 9.15. The summed E-state index contributed by atoms with van der Waals surface area (Å²) in [6.45, 7) is -0.523. The van der Waals surface area contributed by atoms with E-state index >= 15 is 0 Å². The first-order valence-electron chi connectivity index (χ1n) is 5.09. The first kappa shape index (κ1) is 11.1. The molecule has 0 unspecified atom stereocenters. The number of hydrogen-bond donors (Lipinski definition) is 2. The summed E-state index contributed by atoms with van der Waals surface area (Å²) in [4.78, 5) is 9.30.